The number of nitrogens with one attached hydrogen (secondary N) is 1. The van der Waals surface area contributed by atoms with Gasteiger partial charge in [-0.15, -0.1) is 0 Å². The molecule has 3 N–H and O–H groups in total. The molecular formula is C22H17FN4O3. The number of pyridine rings is 1. The zero-order valence-corrected chi connectivity index (χ0v) is 16.2. The second-order valence-corrected chi connectivity index (χ2v) is 6.88. The molecule has 2 heterocycles. The molecule has 0 unspecified atom stereocenters. The van der Waals surface area contributed by atoms with Crippen molar-refractivity contribution in [1.29, 1.82) is 0 Å². The van der Waals surface area contributed by atoms with E-state index in [9.17, 15) is 14.0 Å². The van der Waals surface area contributed by atoms with Crippen molar-refractivity contribution in [1.82, 2.24) is 10.1 Å². The highest BCUT2D eigenvalue weighted by atomic mass is 19.1. The fourth-order valence-electron chi connectivity index (χ4n) is 3.14. The highest BCUT2D eigenvalue weighted by Crippen LogP contribution is 2.28. The number of fused-ring (bicyclic) bond motifs is 1. The van der Waals surface area contributed by atoms with E-state index in [-0.39, 0.29) is 17.0 Å². The van der Waals surface area contributed by atoms with Crippen LogP contribution in [0.15, 0.2) is 53.1 Å². The Morgan fingerprint density at radius 3 is 2.47 bits per heavy atom. The van der Waals surface area contributed by atoms with Gasteiger partial charge in [-0.2, -0.15) is 0 Å². The van der Waals surface area contributed by atoms with Crippen molar-refractivity contribution in [2.75, 3.05) is 5.32 Å². The van der Waals surface area contributed by atoms with Crippen LogP contribution in [0.2, 0.25) is 0 Å². The molecule has 4 rings (SSSR count). The summed E-state index contributed by atoms with van der Waals surface area (Å²) < 4.78 is 19.0. The molecule has 2 amide bonds. The van der Waals surface area contributed by atoms with Crippen molar-refractivity contribution in [3.8, 4) is 11.3 Å². The fraction of sp³-hybridized carbons (Fsp3) is 0.0909. The van der Waals surface area contributed by atoms with Crippen molar-refractivity contribution < 1.29 is 18.5 Å². The average molecular weight is 404 g/mol. The number of nitrogens with zero attached hydrogens (tertiary/aromatic N) is 2. The summed E-state index contributed by atoms with van der Waals surface area (Å²) in [4.78, 5) is 28.9. The standard InChI is InChI=1S/C22H17FN4O3/c1-11-3-5-13(6-4-11)18-10-16(19-12(2)27-30-22(19)26-18)21(29)25-14-7-8-17(23)15(9-14)20(24)28/h3-10H,1-2H3,(H2,24,28)(H,25,29). The zero-order valence-electron chi connectivity index (χ0n) is 16.2. The lowest BCUT2D eigenvalue weighted by Gasteiger charge is -2.09. The molecule has 2 aromatic heterocycles. The van der Waals surface area contributed by atoms with Crippen LogP contribution in [-0.2, 0) is 0 Å². The van der Waals surface area contributed by atoms with E-state index in [1.54, 1.807) is 13.0 Å². The molecule has 0 radical (unpaired) electrons. The molecule has 0 aliphatic carbocycles. The predicted octanol–water partition coefficient (Wildman–Crippen LogP) is 4.00. The van der Waals surface area contributed by atoms with Gasteiger partial charge in [0.2, 0.25) is 0 Å². The van der Waals surface area contributed by atoms with Gasteiger partial charge in [-0.1, -0.05) is 35.0 Å². The van der Waals surface area contributed by atoms with Crippen molar-refractivity contribution in [2.45, 2.75) is 13.8 Å². The molecule has 8 heteroatoms. The summed E-state index contributed by atoms with van der Waals surface area (Å²) in [5, 5.41) is 7.06. The number of benzene rings is 2. The number of amides is 2. The van der Waals surface area contributed by atoms with E-state index in [1.165, 1.54) is 12.1 Å². The number of halogens is 1. The normalized spacial score (nSPS) is 10.9. The number of carbonyl (C=O) groups is 2. The SMILES string of the molecule is Cc1ccc(-c2cc(C(=O)Nc3ccc(F)c(C(N)=O)c3)c3c(C)noc3n2)cc1. The Labute approximate surface area is 170 Å². The van der Waals surface area contributed by atoms with Crippen LogP contribution < -0.4 is 11.1 Å². The first-order chi connectivity index (χ1) is 14.3. The fourth-order valence-corrected chi connectivity index (χ4v) is 3.14. The first-order valence-electron chi connectivity index (χ1n) is 9.08. The molecule has 30 heavy (non-hydrogen) atoms. The van der Waals surface area contributed by atoms with Crippen LogP contribution in [0.5, 0.6) is 0 Å². The Bertz CT molecular complexity index is 1300. The van der Waals surface area contributed by atoms with Crippen LogP contribution >= 0.6 is 0 Å². The molecular weight excluding hydrogens is 387 g/mol. The van der Waals surface area contributed by atoms with Gasteiger partial charge in [0, 0.05) is 11.3 Å². The van der Waals surface area contributed by atoms with Crippen LogP contribution in [0.25, 0.3) is 22.4 Å². The van der Waals surface area contributed by atoms with E-state index in [4.69, 9.17) is 10.3 Å². The van der Waals surface area contributed by atoms with E-state index >= 15 is 0 Å². The number of aryl methyl sites for hydroxylation is 2. The summed E-state index contributed by atoms with van der Waals surface area (Å²) >= 11 is 0. The predicted molar refractivity (Wildman–Crippen MR) is 110 cm³/mol. The molecule has 7 nitrogen and oxygen atoms in total. The lowest BCUT2D eigenvalue weighted by molar-refractivity contribution is 0.0992. The van der Waals surface area contributed by atoms with Gasteiger partial charge in [-0.25, -0.2) is 9.37 Å². The minimum Gasteiger partial charge on any atom is -0.366 e. The lowest BCUT2D eigenvalue weighted by Crippen LogP contribution is -2.16. The van der Waals surface area contributed by atoms with E-state index in [0.29, 0.717) is 22.3 Å². The summed E-state index contributed by atoms with van der Waals surface area (Å²) in [5.41, 5.74) is 8.57. The molecule has 0 saturated carbocycles. The maximum absolute atomic E-state index is 13.7. The van der Waals surface area contributed by atoms with Gasteiger partial charge in [0.05, 0.1) is 27.9 Å². The number of nitrogens with two attached hydrogens (primary N) is 1. The van der Waals surface area contributed by atoms with Crippen LogP contribution in [0.1, 0.15) is 32.0 Å². The van der Waals surface area contributed by atoms with Crippen molar-refractivity contribution in [2.24, 2.45) is 5.73 Å². The third-order valence-electron chi connectivity index (χ3n) is 4.70. The number of rotatable bonds is 4. The highest BCUT2D eigenvalue weighted by Gasteiger charge is 2.20. The summed E-state index contributed by atoms with van der Waals surface area (Å²) in [6.45, 7) is 3.68. The molecule has 0 spiro atoms. The number of primary amides is 1. The largest absolute Gasteiger partial charge is 0.366 e. The molecule has 0 bridgehead atoms. The van der Waals surface area contributed by atoms with E-state index in [2.05, 4.69) is 15.5 Å². The van der Waals surface area contributed by atoms with E-state index in [0.717, 1.165) is 17.2 Å². The van der Waals surface area contributed by atoms with Crippen molar-refractivity contribution in [3.05, 3.63) is 76.7 Å². The van der Waals surface area contributed by atoms with Crippen molar-refractivity contribution in [3.63, 3.8) is 0 Å². The van der Waals surface area contributed by atoms with Crippen LogP contribution in [0.3, 0.4) is 0 Å². The number of hydrogen-bond donors (Lipinski definition) is 2. The molecule has 0 aliphatic heterocycles. The quantitative estimate of drug-likeness (QED) is 0.534. The second kappa shape index (κ2) is 7.40. The smallest absolute Gasteiger partial charge is 0.259 e. The maximum Gasteiger partial charge on any atom is 0.259 e. The number of carbonyl (C=O) groups excluding carboxylic acids is 2. The highest BCUT2D eigenvalue weighted by molar-refractivity contribution is 6.13. The molecule has 0 aliphatic rings. The Morgan fingerprint density at radius 2 is 1.77 bits per heavy atom. The first kappa shape index (κ1) is 19.3. The van der Waals surface area contributed by atoms with Crippen LogP contribution in [0, 0.1) is 19.7 Å². The Hall–Kier alpha value is -4.07. The van der Waals surface area contributed by atoms with Crippen LogP contribution in [-0.4, -0.2) is 22.0 Å². The minimum absolute atomic E-state index is 0.228. The maximum atomic E-state index is 13.7. The number of anilines is 1. The average Bonchev–Trinajstić information content (AvgIpc) is 3.10. The summed E-state index contributed by atoms with van der Waals surface area (Å²) in [6, 6.07) is 12.9. The van der Waals surface area contributed by atoms with Crippen LogP contribution in [0.4, 0.5) is 10.1 Å². The monoisotopic (exact) mass is 404 g/mol. The molecule has 150 valence electrons. The van der Waals surface area contributed by atoms with Gasteiger partial charge in [-0.05, 0) is 38.1 Å². The molecule has 0 saturated heterocycles. The molecule has 0 fully saturated rings. The summed E-state index contributed by atoms with van der Waals surface area (Å²) in [7, 11) is 0. The molecule has 0 atom stereocenters. The zero-order chi connectivity index (χ0) is 21.4. The molecule has 2 aromatic carbocycles. The van der Waals surface area contributed by atoms with Crippen molar-refractivity contribution >= 4 is 28.6 Å². The first-order valence-corrected chi connectivity index (χ1v) is 9.08. The van der Waals surface area contributed by atoms with E-state index in [1.807, 2.05) is 31.2 Å². The third-order valence-corrected chi connectivity index (χ3v) is 4.70. The topological polar surface area (TPSA) is 111 Å². The summed E-state index contributed by atoms with van der Waals surface area (Å²) in [5.74, 6) is -2.17. The Balaban J connectivity index is 1.78. The van der Waals surface area contributed by atoms with Gasteiger partial charge >= 0.3 is 0 Å². The minimum atomic E-state index is -0.925. The van der Waals surface area contributed by atoms with Gasteiger partial charge in [0.15, 0.2) is 0 Å². The van der Waals surface area contributed by atoms with Gasteiger partial charge in [0.1, 0.15) is 5.82 Å². The van der Waals surface area contributed by atoms with Gasteiger partial charge in [0.25, 0.3) is 17.5 Å². The Kier molecular flexibility index (Phi) is 4.75. The second-order valence-electron chi connectivity index (χ2n) is 6.88. The Morgan fingerprint density at radius 1 is 1.03 bits per heavy atom. The third kappa shape index (κ3) is 3.50. The van der Waals surface area contributed by atoms with Gasteiger partial charge < -0.3 is 15.6 Å². The number of hydrogen-bond acceptors (Lipinski definition) is 5. The molecule has 4 aromatic rings. The number of aromatic nitrogens is 2. The lowest BCUT2D eigenvalue weighted by atomic mass is 10.0. The van der Waals surface area contributed by atoms with E-state index < -0.39 is 17.6 Å². The summed E-state index contributed by atoms with van der Waals surface area (Å²) in [6.07, 6.45) is 0. The van der Waals surface area contributed by atoms with Gasteiger partial charge in [-0.3, -0.25) is 9.59 Å².